The Morgan fingerprint density at radius 2 is 1.79 bits per heavy atom. The molecule has 1 aliphatic heterocycles. The summed E-state index contributed by atoms with van der Waals surface area (Å²) in [5.41, 5.74) is 0.145. The summed E-state index contributed by atoms with van der Waals surface area (Å²) in [5, 5.41) is 2.04. The third-order valence-electron chi connectivity index (χ3n) is 4.78. The normalized spacial score (nSPS) is 16.0. The molecule has 0 saturated carbocycles. The molecule has 1 amide bonds. The molecule has 152 valence electrons. The number of nitrogens with zero attached hydrogens (tertiary/aromatic N) is 2. The largest absolute Gasteiger partial charge is 0.497 e. The van der Waals surface area contributed by atoms with E-state index in [1.807, 2.05) is 36.4 Å². The van der Waals surface area contributed by atoms with Crippen molar-refractivity contribution in [2.24, 2.45) is 0 Å². The van der Waals surface area contributed by atoms with Crippen LogP contribution in [-0.2, 0) is 16.4 Å². The molecule has 1 aromatic heterocycles. The molecular formula is C20H20N2O6S. The lowest BCUT2D eigenvalue weighted by Crippen LogP contribution is -2.43. The molecule has 9 heteroatoms. The molecule has 8 nitrogen and oxygen atoms in total. The van der Waals surface area contributed by atoms with Crippen molar-refractivity contribution < 1.29 is 27.1 Å². The number of carbonyl (C=O) groups is 1. The van der Waals surface area contributed by atoms with Gasteiger partial charge in [0.1, 0.15) is 17.8 Å². The number of amides is 1. The minimum Gasteiger partial charge on any atom is -0.497 e. The first kappa shape index (κ1) is 19.3. The molecular weight excluding hydrogens is 396 g/mol. The number of carbonyl (C=O) groups excluding carboxylic acids is 1. The molecule has 3 aromatic rings. The van der Waals surface area contributed by atoms with Crippen molar-refractivity contribution in [1.29, 1.82) is 0 Å². The van der Waals surface area contributed by atoms with Crippen molar-refractivity contribution >= 4 is 26.5 Å². The number of oxazole rings is 1. The molecule has 1 aliphatic rings. The van der Waals surface area contributed by atoms with E-state index in [1.165, 1.54) is 11.2 Å². The molecule has 0 bridgehead atoms. The van der Waals surface area contributed by atoms with E-state index in [-0.39, 0.29) is 48.7 Å². The molecule has 2 heterocycles. The van der Waals surface area contributed by atoms with Crippen LogP contribution in [-0.4, -0.2) is 55.9 Å². The summed E-state index contributed by atoms with van der Waals surface area (Å²) in [4.78, 5) is 18.1. The lowest BCUT2D eigenvalue weighted by Gasteiger charge is -2.25. The highest BCUT2D eigenvalue weighted by molar-refractivity contribution is 7.91. The molecule has 1 saturated heterocycles. The fourth-order valence-electron chi connectivity index (χ4n) is 3.12. The van der Waals surface area contributed by atoms with E-state index in [2.05, 4.69) is 4.98 Å². The Hall–Kier alpha value is -3.07. The Bertz CT molecular complexity index is 1140. The number of aromatic nitrogens is 1. The van der Waals surface area contributed by atoms with Gasteiger partial charge in [0.05, 0.1) is 18.6 Å². The Morgan fingerprint density at radius 3 is 2.52 bits per heavy atom. The summed E-state index contributed by atoms with van der Waals surface area (Å²) < 4.78 is 39.3. The molecule has 1 fully saturated rings. The monoisotopic (exact) mass is 416 g/mol. The Morgan fingerprint density at radius 1 is 1.10 bits per heavy atom. The Balaban J connectivity index is 1.40. The van der Waals surface area contributed by atoms with E-state index in [0.29, 0.717) is 5.75 Å². The summed E-state index contributed by atoms with van der Waals surface area (Å²) in [7, 11) is -1.43. The first-order valence-corrected chi connectivity index (χ1v) is 10.9. The highest BCUT2D eigenvalue weighted by atomic mass is 32.2. The van der Waals surface area contributed by atoms with Crippen molar-refractivity contribution in [2.75, 3.05) is 31.7 Å². The molecule has 0 N–H and O–H groups in total. The fraction of sp³-hybridized carbons (Fsp3) is 0.300. The van der Waals surface area contributed by atoms with Crippen LogP contribution in [0.1, 0.15) is 16.4 Å². The number of methoxy groups -OCH3 is 1. The van der Waals surface area contributed by atoms with Crippen LogP contribution in [0.3, 0.4) is 0 Å². The third kappa shape index (κ3) is 4.34. The van der Waals surface area contributed by atoms with Crippen LogP contribution in [0.5, 0.6) is 11.5 Å². The van der Waals surface area contributed by atoms with Gasteiger partial charge in [0.25, 0.3) is 5.91 Å². The van der Waals surface area contributed by atoms with Crippen molar-refractivity contribution in [3.63, 3.8) is 0 Å². The van der Waals surface area contributed by atoms with E-state index in [4.69, 9.17) is 13.9 Å². The predicted octanol–water partition coefficient (Wildman–Crippen LogP) is 2.29. The van der Waals surface area contributed by atoms with Gasteiger partial charge >= 0.3 is 0 Å². The van der Waals surface area contributed by atoms with Crippen molar-refractivity contribution in [2.45, 2.75) is 6.61 Å². The standard InChI is InChI=1S/C20H20N2O6S/c1-26-16-4-2-14-3-5-17(11-15(14)10-16)27-13-19-21-18(12-28-19)20(23)22-6-8-29(24,25)9-7-22/h2-5,10-12H,6-9,13H2,1H3. The van der Waals surface area contributed by atoms with Gasteiger partial charge < -0.3 is 18.8 Å². The van der Waals surface area contributed by atoms with Crippen LogP contribution in [0.2, 0.25) is 0 Å². The SMILES string of the molecule is COc1ccc2ccc(OCc3nc(C(=O)N4CCS(=O)(=O)CC4)co3)cc2c1. The van der Waals surface area contributed by atoms with Gasteiger partial charge in [-0.05, 0) is 35.0 Å². The maximum atomic E-state index is 12.5. The molecule has 0 atom stereocenters. The fourth-order valence-corrected chi connectivity index (χ4v) is 4.32. The number of ether oxygens (including phenoxy) is 2. The average molecular weight is 416 g/mol. The third-order valence-corrected chi connectivity index (χ3v) is 6.39. The minimum atomic E-state index is -3.05. The van der Waals surface area contributed by atoms with Crippen molar-refractivity contribution in [3.05, 3.63) is 54.2 Å². The van der Waals surface area contributed by atoms with E-state index in [0.717, 1.165) is 16.5 Å². The number of hydrogen-bond acceptors (Lipinski definition) is 7. The van der Waals surface area contributed by atoms with Gasteiger partial charge in [-0.3, -0.25) is 4.79 Å². The summed E-state index contributed by atoms with van der Waals surface area (Å²) >= 11 is 0. The number of rotatable bonds is 5. The summed E-state index contributed by atoms with van der Waals surface area (Å²) in [6.07, 6.45) is 1.27. The summed E-state index contributed by atoms with van der Waals surface area (Å²) in [5.74, 6) is 1.27. The van der Waals surface area contributed by atoms with Gasteiger partial charge in [-0.25, -0.2) is 13.4 Å². The molecule has 4 rings (SSSR count). The number of sulfone groups is 1. The highest BCUT2D eigenvalue weighted by Gasteiger charge is 2.27. The quantitative estimate of drug-likeness (QED) is 0.629. The van der Waals surface area contributed by atoms with Crippen LogP contribution in [0.4, 0.5) is 0 Å². The van der Waals surface area contributed by atoms with E-state index in [9.17, 15) is 13.2 Å². The molecule has 29 heavy (non-hydrogen) atoms. The Labute approximate surface area is 168 Å². The van der Waals surface area contributed by atoms with Gasteiger partial charge in [-0.1, -0.05) is 12.1 Å². The van der Waals surface area contributed by atoms with Gasteiger partial charge in [0, 0.05) is 13.1 Å². The van der Waals surface area contributed by atoms with Crippen LogP contribution in [0.15, 0.2) is 47.1 Å². The zero-order valence-corrected chi connectivity index (χ0v) is 16.6. The van der Waals surface area contributed by atoms with E-state index < -0.39 is 9.84 Å². The first-order chi connectivity index (χ1) is 13.9. The van der Waals surface area contributed by atoms with Gasteiger partial charge in [0.2, 0.25) is 5.89 Å². The Kier molecular flexibility index (Phi) is 5.14. The maximum absolute atomic E-state index is 12.5. The minimum absolute atomic E-state index is 0.0285. The highest BCUT2D eigenvalue weighted by Crippen LogP contribution is 2.25. The van der Waals surface area contributed by atoms with E-state index in [1.54, 1.807) is 7.11 Å². The lowest BCUT2D eigenvalue weighted by atomic mass is 10.1. The number of fused-ring (bicyclic) bond motifs is 1. The number of benzene rings is 2. The molecule has 0 aliphatic carbocycles. The van der Waals surface area contributed by atoms with Gasteiger partial charge in [-0.15, -0.1) is 0 Å². The maximum Gasteiger partial charge on any atom is 0.275 e. The second kappa shape index (κ2) is 7.75. The van der Waals surface area contributed by atoms with Crippen LogP contribution in [0, 0.1) is 0 Å². The lowest BCUT2D eigenvalue weighted by molar-refractivity contribution is 0.0764. The predicted molar refractivity (Wildman–Crippen MR) is 106 cm³/mol. The van der Waals surface area contributed by atoms with E-state index >= 15 is 0 Å². The zero-order valence-electron chi connectivity index (χ0n) is 15.8. The van der Waals surface area contributed by atoms with Crippen LogP contribution < -0.4 is 9.47 Å². The second-order valence-corrected chi connectivity index (χ2v) is 9.04. The summed E-state index contributed by atoms with van der Waals surface area (Å²) in [6.45, 7) is 0.401. The van der Waals surface area contributed by atoms with Gasteiger partial charge in [0.15, 0.2) is 22.1 Å². The molecule has 2 aromatic carbocycles. The average Bonchev–Trinajstić information content (AvgIpc) is 3.20. The van der Waals surface area contributed by atoms with Crippen molar-refractivity contribution in [3.8, 4) is 11.5 Å². The second-order valence-electron chi connectivity index (χ2n) is 6.73. The number of hydrogen-bond donors (Lipinski definition) is 0. The van der Waals surface area contributed by atoms with Crippen LogP contribution >= 0.6 is 0 Å². The zero-order chi connectivity index (χ0) is 20.4. The first-order valence-electron chi connectivity index (χ1n) is 9.08. The molecule has 0 radical (unpaired) electrons. The molecule has 0 unspecified atom stereocenters. The molecule has 0 spiro atoms. The summed E-state index contributed by atoms with van der Waals surface area (Å²) in [6, 6.07) is 11.5. The van der Waals surface area contributed by atoms with Crippen LogP contribution in [0.25, 0.3) is 10.8 Å². The topological polar surface area (TPSA) is 98.9 Å². The van der Waals surface area contributed by atoms with Crippen molar-refractivity contribution in [1.82, 2.24) is 9.88 Å². The van der Waals surface area contributed by atoms with Gasteiger partial charge in [-0.2, -0.15) is 0 Å². The smallest absolute Gasteiger partial charge is 0.275 e.